The molecule has 1 aliphatic heterocycles. The Labute approximate surface area is 85.1 Å². The molecule has 2 unspecified atom stereocenters. The van der Waals surface area contributed by atoms with Crippen molar-refractivity contribution in [2.24, 2.45) is 0 Å². The van der Waals surface area contributed by atoms with Crippen LogP contribution in [0.3, 0.4) is 0 Å². The van der Waals surface area contributed by atoms with Crippen molar-refractivity contribution in [2.75, 3.05) is 6.61 Å². The average molecular weight is 198 g/mol. The third-order valence-corrected chi connectivity index (χ3v) is 2.57. The van der Waals surface area contributed by atoms with E-state index in [2.05, 4.69) is 13.5 Å². The average Bonchev–Trinajstić information content (AvgIpc) is 2.90. The van der Waals surface area contributed by atoms with E-state index in [0.29, 0.717) is 6.42 Å². The first kappa shape index (κ1) is 11.2. The van der Waals surface area contributed by atoms with Crippen molar-refractivity contribution in [3.63, 3.8) is 0 Å². The number of epoxide rings is 1. The Bertz CT molecular complexity index is 225. The fourth-order valence-electron chi connectivity index (χ4n) is 1.67. The lowest BCUT2D eigenvalue weighted by Gasteiger charge is -2.08. The van der Waals surface area contributed by atoms with Crippen molar-refractivity contribution in [2.45, 2.75) is 44.8 Å². The Kier molecular flexibility index (Phi) is 3.69. The summed E-state index contributed by atoms with van der Waals surface area (Å²) in [6.45, 7) is 7.79. The molecule has 0 amide bonds. The first-order chi connectivity index (χ1) is 6.71. The number of rotatable bonds is 6. The van der Waals surface area contributed by atoms with Crippen LogP contribution in [-0.4, -0.2) is 24.3 Å². The van der Waals surface area contributed by atoms with Crippen LogP contribution in [0.5, 0.6) is 0 Å². The maximum absolute atomic E-state index is 11.6. The summed E-state index contributed by atoms with van der Waals surface area (Å²) in [5.41, 5.74) is -0.640. The van der Waals surface area contributed by atoms with Gasteiger partial charge < -0.3 is 9.47 Å². The zero-order valence-corrected chi connectivity index (χ0v) is 8.91. The molecule has 1 saturated heterocycles. The largest absolute Gasteiger partial charge is 0.459 e. The minimum Gasteiger partial charge on any atom is -0.459 e. The molecule has 0 bridgehead atoms. The van der Waals surface area contributed by atoms with Crippen molar-refractivity contribution in [1.82, 2.24) is 0 Å². The highest BCUT2D eigenvalue weighted by Crippen LogP contribution is 2.43. The third-order valence-electron chi connectivity index (χ3n) is 2.57. The highest BCUT2D eigenvalue weighted by atomic mass is 16.7. The van der Waals surface area contributed by atoms with E-state index in [1.54, 1.807) is 6.08 Å². The number of ether oxygens (including phenoxy) is 2. The molecule has 0 aliphatic carbocycles. The second-order valence-corrected chi connectivity index (χ2v) is 3.53. The Hall–Kier alpha value is -0.830. The van der Waals surface area contributed by atoms with Gasteiger partial charge >= 0.3 is 5.97 Å². The van der Waals surface area contributed by atoms with Crippen molar-refractivity contribution < 1.29 is 14.3 Å². The van der Waals surface area contributed by atoms with Gasteiger partial charge in [-0.05, 0) is 12.8 Å². The zero-order valence-electron chi connectivity index (χ0n) is 8.91. The van der Waals surface area contributed by atoms with Gasteiger partial charge in [-0.3, -0.25) is 0 Å². The number of carbonyl (C=O) groups is 1. The van der Waals surface area contributed by atoms with Crippen LogP contribution in [0.15, 0.2) is 12.7 Å². The van der Waals surface area contributed by atoms with E-state index in [9.17, 15) is 4.79 Å². The van der Waals surface area contributed by atoms with E-state index in [1.165, 1.54) is 0 Å². The fourth-order valence-corrected chi connectivity index (χ4v) is 1.67. The van der Waals surface area contributed by atoms with E-state index in [-0.39, 0.29) is 18.7 Å². The third kappa shape index (κ3) is 1.98. The van der Waals surface area contributed by atoms with Gasteiger partial charge in [0.05, 0.1) is 6.10 Å². The normalized spacial score (nSPS) is 29.7. The molecule has 0 saturated carbocycles. The summed E-state index contributed by atoms with van der Waals surface area (Å²) in [6, 6.07) is 0. The maximum Gasteiger partial charge on any atom is 0.341 e. The van der Waals surface area contributed by atoms with Crippen molar-refractivity contribution in [1.29, 1.82) is 0 Å². The molecule has 14 heavy (non-hydrogen) atoms. The van der Waals surface area contributed by atoms with Gasteiger partial charge in [-0.25, -0.2) is 4.79 Å². The Morgan fingerprint density at radius 3 is 2.86 bits per heavy atom. The molecule has 0 spiro atoms. The number of hydrogen-bond donors (Lipinski definition) is 0. The Morgan fingerprint density at radius 2 is 2.36 bits per heavy atom. The van der Waals surface area contributed by atoms with E-state index in [4.69, 9.17) is 9.47 Å². The Morgan fingerprint density at radius 1 is 1.64 bits per heavy atom. The van der Waals surface area contributed by atoms with Crippen molar-refractivity contribution in [3.8, 4) is 0 Å². The second-order valence-electron chi connectivity index (χ2n) is 3.53. The first-order valence-electron chi connectivity index (χ1n) is 5.17. The molecular weight excluding hydrogens is 180 g/mol. The summed E-state index contributed by atoms with van der Waals surface area (Å²) in [5, 5.41) is 0. The van der Waals surface area contributed by atoms with Gasteiger partial charge in [-0.2, -0.15) is 0 Å². The first-order valence-corrected chi connectivity index (χ1v) is 5.17. The van der Waals surface area contributed by atoms with Gasteiger partial charge in [-0.15, -0.1) is 0 Å². The minimum absolute atomic E-state index is 0.0646. The van der Waals surface area contributed by atoms with Gasteiger partial charge in [0.25, 0.3) is 0 Å². The van der Waals surface area contributed by atoms with Crippen LogP contribution in [0.2, 0.25) is 0 Å². The molecule has 80 valence electrons. The molecule has 0 radical (unpaired) electrons. The monoisotopic (exact) mass is 198 g/mol. The van der Waals surface area contributed by atoms with Gasteiger partial charge in [-0.1, -0.05) is 32.9 Å². The summed E-state index contributed by atoms with van der Waals surface area (Å²) in [7, 11) is 0. The van der Waals surface area contributed by atoms with Crippen LogP contribution >= 0.6 is 0 Å². The quantitative estimate of drug-likeness (QED) is 0.372. The highest BCUT2D eigenvalue weighted by Gasteiger charge is 2.61. The van der Waals surface area contributed by atoms with Gasteiger partial charge in [0.2, 0.25) is 0 Å². The van der Waals surface area contributed by atoms with Crippen LogP contribution in [0.1, 0.15) is 33.1 Å². The molecule has 0 aromatic heterocycles. The molecule has 0 N–H and O–H groups in total. The topological polar surface area (TPSA) is 38.8 Å². The predicted molar refractivity (Wildman–Crippen MR) is 54.0 cm³/mol. The second kappa shape index (κ2) is 4.60. The molecule has 3 heteroatoms. The molecule has 1 aliphatic rings. The van der Waals surface area contributed by atoms with Crippen molar-refractivity contribution >= 4 is 5.97 Å². The van der Waals surface area contributed by atoms with Crippen LogP contribution in [0.25, 0.3) is 0 Å². The number of esters is 1. The maximum atomic E-state index is 11.6. The number of carbonyl (C=O) groups excluding carboxylic acids is 1. The summed E-state index contributed by atoms with van der Waals surface area (Å²) in [4.78, 5) is 11.6. The molecule has 1 rings (SSSR count). The Balaban J connectivity index is 2.47. The molecule has 0 aromatic rings. The lowest BCUT2D eigenvalue weighted by atomic mass is 9.99. The lowest BCUT2D eigenvalue weighted by molar-refractivity contribution is -0.148. The molecule has 0 aromatic carbocycles. The van der Waals surface area contributed by atoms with Crippen LogP contribution < -0.4 is 0 Å². The smallest absolute Gasteiger partial charge is 0.341 e. The summed E-state index contributed by atoms with van der Waals surface area (Å²) in [6.07, 6.45) is 4.28. The van der Waals surface area contributed by atoms with Gasteiger partial charge in [0.15, 0.2) is 5.60 Å². The predicted octanol–water partition coefficient (Wildman–Crippen LogP) is 2.06. The standard InChI is InChI=1S/C11H18O3/c1-4-7-9-11(6-3,14-9)10(12)13-8-5-2/h5,9H,2,4,6-8H2,1,3H3. The zero-order chi connectivity index (χ0) is 10.6. The molecule has 2 atom stereocenters. The van der Waals surface area contributed by atoms with E-state index < -0.39 is 5.60 Å². The van der Waals surface area contributed by atoms with Crippen LogP contribution in [0, 0.1) is 0 Å². The minimum atomic E-state index is -0.640. The van der Waals surface area contributed by atoms with E-state index in [1.807, 2.05) is 6.92 Å². The summed E-state index contributed by atoms with van der Waals surface area (Å²) >= 11 is 0. The van der Waals surface area contributed by atoms with Gasteiger partial charge in [0.1, 0.15) is 6.61 Å². The molecular formula is C11H18O3. The summed E-state index contributed by atoms with van der Waals surface area (Å²) < 4.78 is 10.4. The van der Waals surface area contributed by atoms with Gasteiger partial charge in [0, 0.05) is 0 Å². The van der Waals surface area contributed by atoms with E-state index >= 15 is 0 Å². The number of hydrogen-bond acceptors (Lipinski definition) is 3. The molecule has 1 fully saturated rings. The van der Waals surface area contributed by atoms with Crippen LogP contribution in [0.4, 0.5) is 0 Å². The SMILES string of the molecule is C=CCOC(=O)C1(CC)OC1CCC. The fraction of sp³-hybridized carbons (Fsp3) is 0.727. The molecule has 1 heterocycles. The van der Waals surface area contributed by atoms with E-state index in [0.717, 1.165) is 12.8 Å². The summed E-state index contributed by atoms with van der Waals surface area (Å²) in [5.74, 6) is -0.238. The molecule has 3 nitrogen and oxygen atoms in total. The van der Waals surface area contributed by atoms with Crippen molar-refractivity contribution in [3.05, 3.63) is 12.7 Å². The lowest BCUT2D eigenvalue weighted by Crippen LogP contribution is -2.29. The van der Waals surface area contributed by atoms with Crippen LogP contribution in [-0.2, 0) is 14.3 Å². The highest BCUT2D eigenvalue weighted by molar-refractivity contribution is 5.83.